The minimum atomic E-state index is 0.440. The molecule has 2 atom stereocenters. The molecule has 0 radical (unpaired) electrons. The lowest BCUT2D eigenvalue weighted by molar-refractivity contribution is 0.247. The summed E-state index contributed by atoms with van der Waals surface area (Å²) < 4.78 is 0. The van der Waals surface area contributed by atoms with Gasteiger partial charge in [-0.25, -0.2) is 0 Å². The van der Waals surface area contributed by atoms with Gasteiger partial charge in [-0.1, -0.05) is 29.8 Å². The number of nitrogens with one attached hydrogen (secondary N) is 1. The van der Waals surface area contributed by atoms with E-state index in [4.69, 9.17) is 0 Å². The van der Waals surface area contributed by atoms with Gasteiger partial charge in [0.15, 0.2) is 0 Å². The van der Waals surface area contributed by atoms with Crippen molar-refractivity contribution >= 4 is 0 Å². The average molecular weight is 246 g/mol. The molecule has 0 aliphatic carbocycles. The summed E-state index contributed by atoms with van der Waals surface area (Å²) in [6, 6.07) is 9.88. The van der Waals surface area contributed by atoms with Crippen molar-refractivity contribution in [3.63, 3.8) is 0 Å². The number of benzene rings is 1. The molecule has 1 aromatic carbocycles. The molecule has 2 unspecified atom stereocenters. The Bertz CT molecular complexity index is 369. The highest BCUT2D eigenvalue weighted by molar-refractivity contribution is 5.24. The molecule has 1 aliphatic heterocycles. The minimum absolute atomic E-state index is 0.440. The van der Waals surface area contributed by atoms with Crippen molar-refractivity contribution in [1.29, 1.82) is 0 Å². The summed E-state index contributed by atoms with van der Waals surface area (Å²) in [5.74, 6) is 0. The first-order chi connectivity index (χ1) is 8.66. The van der Waals surface area contributed by atoms with Gasteiger partial charge < -0.3 is 5.32 Å². The van der Waals surface area contributed by atoms with E-state index in [2.05, 4.69) is 55.3 Å². The van der Waals surface area contributed by atoms with Gasteiger partial charge >= 0.3 is 0 Å². The van der Waals surface area contributed by atoms with E-state index in [1.54, 1.807) is 0 Å². The minimum Gasteiger partial charge on any atom is -0.309 e. The molecule has 1 saturated heterocycles. The normalized spacial score (nSPS) is 19.9. The highest BCUT2D eigenvalue weighted by Crippen LogP contribution is 2.15. The predicted octanol–water partition coefficient (Wildman–Crippen LogP) is 3.13. The Morgan fingerprint density at radius 3 is 2.61 bits per heavy atom. The molecule has 2 nitrogen and oxygen atoms in total. The van der Waals surface area contributed by atoms with E-state index in [1.807, 2.05) is 0 Å². The Labute approximate surface area is 111 Å². The van der Waals surface area contributed by atoms with Crippen LogP contribution in [0.15, 0.2) is 24.3 Å². The van der Waals surface area contributed by atoms with Crippen LogP contribution in [0.3, 0.4) is 0 Å². The standard InChI is InChI=1S/C16H26N2/c1-13-7-6-8-16(11-13)15(3)17-12-14(2)18-9-4-5-10-18/h6-8,11,14-15,17H,4-5,9-10,12H2,1-3H3. The van der Waals surface area contributed by atoms with Crippen LogP contribution < -0.4 is 5.32 Å². The smallest absolute Gasteiger partial charge is 0.0292 e. The van der Waals surface area contributed by atoms with Crippen LogP contribution in [0.1, 0.15) is 43.9 Å². The van der Waals surface area contributed by atoms with Crippen LogP contribution in [0, 0.1) is 6.92 Å². The maximum absolute atomic E-state index is 3.66. The maximum Gasteiger partial charge on any atom is 0.0292 e. The van der Waals surface area contributed by atoms with Gasteiger partial charge in [0.25, 0.3) is 0 Å². The zero-order valence-electron chi connectivity index (χ0n) is 11.9. The zero-order chi connectivity index (χ0) is 13.0. The second-order valence-electron chi connectivity index (χ2n) is 5.64. The molecular weight excluding hydrogens is 220 g/mol. The number of hydrogen-bond acceptors (Lipinski definition) is 2. The lowest BCUT2D eigenvalue weighted by Crippen LogP contribution is -2.39. The van der Waals surface area contributed by atoms with E-state index < -0.39 is 0 Å². The molecule has 1 N–H and O–H groups in total. The Balaban J connectivity index is 1.82. The largest absolute Gasteiger partial charge is 0.309 e. The molecule has 100 valence electrons. The highest BCUT2D eigenvalue weighted by atomic mass is 15.2. The summed E-state index contributed by atoms with van der Waals surface area (Å²) in [7, 11) is 0. The topological polar surface area (TPSA) is 15.3 Å². The summed E-state index contributed by atoms with van der Waals surface area (Å²) in [5, 5.41) is 3.66. The monoisotopic (exact) mass is 246 g/mol. The van der Waals surface area contributed by atoms with Crippen LogP contribution in [-0.4, -0.2) is 30.6 Å². The molecule has 1 heterocycles. The third kappa shape index (κ3) is 3.56. The van der Waals surface area contributed by atoms with Gasteiger partial charge in [0.05, 0.1) is 0 Å². The number of hydrogen-bond donors (Lipinski definition) is 1. The Morgan fingerprint density at radius 2 is 1.94 bits per heavy atom. The quantitative estimate of drug-likeness (QED) is 0.858. The summed E-state index contributed by atoms with van der Waals surface area (Å²) >= 11 is 0. The molecule has 1 aliphatic rings. The molecule has 18 heavy (non-hydrogen) atoms. The molecular formula is C16H26N2. The fourth-order valence-electron chi connectivity index (χ4n) is 2.72. The fourth-order valence-corrected chi connectivity index (χ4v) is 2.72. The molecule has 1 aromatic rings. The molecule has 0 amide bonds. The Kier molecular flexibility index (Phi) is 4.79. The maximum atomic E-state index is 3.66. The summed E-state index contributed by atoms with van der Waals surface area (Å²) in [6.07, 6.45) is 2.75. The van der Waals surface area contributed by atoms with Crippen molar-refractivity contribution < 1.29 is 0 Å². The van der Waals surface area contributed by atoms with E-state index in [9.17, 15) is 0 Å². The fraction of sp³-hybridized carbons (Fsp3) is 0.625. The zero-order valence-corrected chi connectivity index (χ0v) is 11.9. The highest BCUT2D eigenvalue weighted by Gasteiger charge is 2.18. The van der Waals surface area contributed by atoms with Crippen LogP contribution in [-0.2, 0) is 0 Å². The van der Waals surface area contributed by atoms with E-state index in [0.717, 1.165) is 6.54 Å². The predicted molar refractivity (Wildman–Crippen MR) is 77.9 cm³/mol. The third-order valence-corrected chi connectivity index (χ3v) is 4.03. The Morgan fingerprint density at radius 1 is 1.22 bits per heavy atom. The molecule has 2 rings (SSSR count). The van der Waals surface area contributed by atoms with Crippen LogP contribution in [0.25, 0.3) is 0 Å². The van der Waals surface area contributed by atoms with E-state index in [1.165, 1.54) is 37.1 Å². The molecule has 1 fully saturated rings. The van der Waals surface area contributed by atoms with Crippen LogP contribution >= 0.6 is 0 Å². The first kappa shape index (κ1) is 13.6. The second-order valence-corrected chi connectivity index (χ2v) is 5.64. The first-order valence-corrected chi connectivity index (χ1v) is 7.21. The number of likely N-dealkylation sites (tertiary alicyclic amines) is 1. The molecule has 2 heteroatoms. The van der Waals surface area contributed by atoms with Crippen molar-refractivity contribution in [2.75, 3.05) is 19.6 Å². The molecule has 0 bridgehead atoms. The van der Waals surface area contributed by atoms with Gasteiger partial charge in [-0.2, -0.15) is 0 Å². The van der Waals surface area contributed by atoms with Gasteiger partial charge in [0.1, 0.15) is 0 Å². The average Bonchev–Trinajstić information content (AvgIpc) is 2.89. The summed E-state index contributed by atoms with van der Waals surface area (Å²) in [6.45, 7) is 10.4. The first-order valence-electron chi connectivity index (χ1n) is 7.21. The van der Waals surface area contributed by atoms with Crippen LogP contribution in [0.2, 0.25) is 0 Å². The lowest BCUT2D eigenvalue weighted by atomic mass is 10.1. The van der Waals surface area contributed by atoms with Gasteiger partial charge in [0, 0.05) is 18.6 Å². The number of aryl methyl sites for hydroxylation is 1. The van der Waals surface area contributed by atoms with Crippen molar-refractivity contribution in [3.05, 3.63) is 35.4 Å². The van der Waals surface area contributed by atoms with E-state index >= 15 is 0 Å². The van der Waals surface area contributed by atoms with Crippen molar-refractivity contribution in [2.45, 2.75) is 45.7 Å². The third-order valence-electron chi connectivity index (χ3n) is 4.03. The SMILES string of the molecule is Cc1cccc(C(C)NCC(C)N2CCCC2)c1. The van der Waals surface area contributed by atoms with Crippen molar-refractivity contribution in [3.8, 4) is 0 Å². The van der Waals surface area contributed by atoms with Gasteiger partial charge in [0.2, 0.25) is 0 Å². The number of rotatable bonds is 5. The van der Waals surface area contributed by atoms with Crippen LogP contribution in [0.4, 0.5) is 0 Å². The second kappa shape index (κ2) is 6.35. The van der Waals surface area contributed by atoms with Gasteiger partial charge in [-0.05, 0) is 52.3 Å². The van der Waals surface area contributed by atoms with E-state index in [0.29, 0.717) is 12.1 Å². The molecule has 0 saturated carbocycles. The van der Waals surface area contributed by atoms with Gasteiger partial charge in [-0.3, -0.25) is 4.90 Å². The summed E-state index contributed by atoms with van der Waals surface area (Å²) in [5.41, 5.74) is 2.73. The van der Waals surface area contributed by atoms with Gasteiger partial charge in [-0.15, -0.1) is 0 Å². The van der Waals surface area contributed by atoms with E-state index in [-0.39, 0.29) is 0 Å². The lowest BCUT2D eigenvalue weighted by Gasteiger charge is -2.26. The van der Waals surface area contributed by atoms with Crippen LogP contribution in [0.5, 0.6) is 0 Å². The van der Waals surface area contributed by atoms with Crippen molar-refractivity contribution in [1.82, 2.24) is 10.2 Å². The van der Waals surface area contributed by atoms with Crippen molar-refractivity contribution in [2.24, 2.45) is 0 Å². The Hall–Kier alpha value is -0.860. The number of nitrogens with zero attached hydrogens (tertiary/aromatic N) is 1. The molecule has 0 spiro atoms. The summed E-state index contributed by atoms with van der Waals surface area (Å²) in [4.78, 5) is 2.59. The molecule has 0 aromatic heterocycles.